The maximum Gasteiger partial charge on any atom is 0.247 e. The van der Waals surface area contributed by atoms with E-state index in [9.17, 15) is 13.2 Å². The van der Waals surface area contributed by atoms with Crippen molar-refractivity contribution in [1.29, 1.82) is 0 Å². The third-order valence-electron chi connectivity index (χ3n) is 4.79. The SMILES string of the molecule is COc1ccc(NC(C)=O)cc1S(=O)(=O)N(C)[C@H](c1ccc(Cl)cc1)c1nccn1C. The van der Waals surface area contributed by atoms with Gasteiger partial charge in [0.15, 0.2) is 0 Å². The molecule has 0 aliphatic heterocycles. The Bertz CT molecular complexity index is 1190. The summed E-state index contributed by atoms with van der Waals surface area (Å²) in [6.45, 7) is 1.35. The number of ether oxygens (including phenoxy) is 1. The molecule has 164 valence electrons. The van der Waals surface area contributed by atoms with Crippen molar-refractivity contribution in [3.63, 3.8) is 0 Å². The maximum absolute atomic E-state index is 13.7. The quantitative estimate of drug-likeness (QED) is 0.580. The zero-order valence-corrected chi connectivity index (χ0v) is 19.1. The van der Waals surface area contributed by atoms with E-state index in [1.54, 1.807) is 54.3 Å². The van der Waals surface area contributed by atoms with Gasteiger partial charge in [0.2, 0.25) is 15.9 Å². The summed E-state index contributed by atoms with van der Waals surface area (Å²) in [5.74, 6) is 0.384. The van der Waals surface area contributed by atoms with Gasteiger partial charge in [-0.25, -0.2) is 13.4 Å². The van der Waals surface area contributed by atoms with Crippen molar-refractivity contribution in [2.75, 3.05) is 19.5 Å². The molecule has 0 spiro atoms. The van der Waals surface area contributed by atoms with Crippen LogP contribution in [0, 0.1) is 0 Å². The van der Waals surface area contributed by atoms with E-state index in [4.69, 9.17) is 16.3 Å². The summed E-state index contributed by atoms with van der Waals surface area (Å²) in [6.07, 6.45) is 3.35. The molecule has 0 fully saturated rings. The fourth-order valence-corrected chi connectivity index (χ4v) is 4.87. The Labute approximate surface area is 186 Å². The number of nitrogens with one attached hydrogen (secondary N) is 1. The number of aryl methyl sites for hydroxylation is 1. The van der Waals surface area contributed by atoms with Crippen LogP contribution in [0.1, 0.15) is 24.4 Å². The van der Waals surface area contributed by atoms with Crippen molar-refractivity contribution in [3.8, 4) is 5.75 Å². The number of methoxy groups -OCH3 is 1. The summed E-state index contributed by atoms with van der Waals surface area (Å²) in [5, 5.41) is 3.14. The van der Waals surface area contributed by atoms with Crippen molar-refractivity contribution < 1.29 is 17.9 Å². The van der Waals surface area contributed by atoms with E-state index in [0.717, 1.165) is 0 Å². The lowest BCUT2D eigenvalue weighted by molar-refractivity contribution is -0.114. The van der Waals surface area contributed by atoms with Gasteiger partial charge in [-0.05, 0) is 35.9 Å². The third kappa shape index (κ3) is 4.73. The number of benzene rings is 2. The van der Waals surface area contributed by atoms with Crippen LogP contribution in [0.15, 0.2) is 59.8 Å². The van der Waals surface area contributed by atoms with Gasteiger partial charge in [-0.3, -0.25) is 4.79 Å². The van der Waals surface area contributed by atoms with Gasteiger partial charge in [-0.15, -0.1) is 0 Å². The molecule has 31 heavy (non-hydrogen) atoms. The first-order chi connectivity index (χ1) is 14.6. The Morgan fingerprint density at radius 2 is 1.90 bits per heavy atom. The zero-order valence-electron chi connectivity index (χ0n) is 17.5. The second kappa shape index (κ2) is 9.09. The minimum absolute atomic E-state index is 0.0723. The van der Waals surface area contributed by atoms with Gasteiger partial charge in [0.25, 0.3) is 0 Å². The molecule has 1 N–H and O–H groups in total. The Kier molecular flexibility index (Phi) is 6.68. The predicted molar refractivity (Wildman–Crippen MR) is 119 cm³/mol. The lowest BCUT2D eigenvalue weighted by Crippen LogP contribution is -2.33. The van der Waals surface area contributed by atoms with E-state index >= 15 is 0 Å². The second-order valence-corrected chi connectivity index (χ2v) is 9.32. The summed E-state index contributed by atoms with van der Waals surface area (Å²) in [7, 11) is 0.596. The van der Waals surface area contributed by atoms with Crippen LogP contribution >= 0.6 is 11.6 Å². The van der Waals surface area contributed by atoms with E-state index < -0.39 is 16.1 Å². The molecule has 0 aliphatic carbocycles. The van der Waals surface area contributed by atoms with Gasteiger partial charge in [0.05, 0.1) is 7.11 Å². The van der Waals surface area contributed by atoms with E-state index in [1.165, 1.54) is 37.5 Å². The van der Waals surface area contributed by atoms with Crippen molar-refractivity contribution in [2.45, 2.75) is 17.9 Å². The molecular weight excluding hydrogens is 440 g/mol. The Morgan fingerprint density at radius 3 is 2.45 bits per heavy atom. The summed E-state index contributed by atoms with van der Waals surface area (Å²) >= 11 is 6.03. The van der Waals surface area contributed by atoms with Gasteiger partial charge >= 0.3 is 0 Å². The molecule has 1 heterocycles. The largest absolute Gasteiger partial charge is 0.495 e. The number of hydrogen-bond donors (Lipinski definition) is 1. The fraction of sp³-hybridized carbons (Fsp3) is 0.238. The van der Waals surface area contributed by atoms with E-state index in [0.29, 0.717) is 22.1 Å². The number of aromatic nitrogens is 2. The number of carbonyl (C=O) groups excluding carboxylic acids is 1. The minimum Gasteiger partial charge on any atom is -0.495 e. The number of amides is 1. The normalized spacial score (nSPS) is 12.6. The number of nitrogens with zero attached hydrogens (tertiary/aromatic N) is 3. The summed E-state index contributed by atoms with van der Waals surface area (Å²) < 4.78 is 35.7. The van der Waals surface area contributed by atoms with E-state index in [-0.39, 0.29) is 16.6 Å². The Hall–Kier alpha value is -2.88. The first kappa shape index (κ1) is 22.8. The van der Waals surface area contributed by atoms with Crippen LogP contribution in [0.3, 0.4) is 0 Å². The van der Waals surface area contributed by atoms with Crippen LogP contribution in [0.2, 0.25) is 5.02 Å². The Balaban J connectivity index is 2.15. The molecule has 0 unspecified atom stereocenters. The maximum atomic E-state index is 13.7. The topological polar surface area (TPSA) is 93.5 Å². The lowest BCUT2D eigenvalue weighted by atomic mass is 10.1. The van der Waals surface area contributed by atoms with Crippen molar-refractivity contribution in [2.24, 2.45) is 7.05 Å². The number of sulfonamides is 1. The molecule has 0 bridgehead atoms. The van der Waals surface area contributed by atoms with Crippen molar-refractivity contribution >= 4 is 33.2 Å². The highest BCUT2D eigenvalue weighted by atomic mass is 35.5. The standard InChI is InChI=1S/C21H23ClN4O4S/c1-14(27)24-17-9-10-18(30-4)19(13-17)31(28,29)26(3)20(21-23-11-12-25(21)2)15-5-7-16(22)8-6-15/h5-13,20H,1-4H3,(H,24,27)/t20-/m1/s1. The molecule has 0 saturated carbocycles. The molecule has 0 aliphatic rings. The average molecular weight is 463 g/mol. The fourth-order valence-electron chi connectivity index (χ4n) is 3.26. The molecular formula is C21H23ClN4O4S. The summed E-state index contributed by atoms with van der Waals surface area (Å²) in [5.41, 5.74) is 1.04. The number of imidazole rings is 1. The number of carbonyl (C=O) groups is 1. The van der Waals surface area contributed by atoms with Crippen LogP contribution in [-0.4, -0.2) is 42.3 Å². The predicted octanol–water partition coefficient (Wildman–Crippen LogP) is 3.45. The molecule has 0 radical (unpaired) electrons. The summed E-state index contributed by atoms with van der Waals surface area (Å²) in [4.78, 5) is 15.8. The molecule has 1 amide bonds. The second-order valence-electron chi connectivity index (χ2n) is 6.92. The number of hydrogen-bond acceptors (Lipinski definition) is 5. The van der Waals surface area contributed by atoms with Crippen LogP contribution in [-0.2, 0) is 21.9 Å². The van der Waals surface area contributed by atoms with Crippen LogP contribution in [0.5, 0.6) is 5.75 Å². The molecule has 10 heteroatoms. The highest BCUT2D eigenvalue weighted by Crippen LogP contribution is 2.35. The highest BCUT2D eigenvalue weighted by molar-refractivity contribution is 7.89. The monoisotopic (exact) mass is 462 g/mol. The molecule has 3 aromatic rings. The van der Waals surface area contributed by atoms with Gasteiger partial charge in [0.1, 0.15) is 22.5 Å². The number of halogens is 1. The third-order valence-corrected chi connectivity index (χ3v) is 6.89. The lowest BCUT2D eigenvalue weighted by Gasteiger charge is -2.28. The molecule has 1 aromatic heterocycles. The number of rotatable bonds is 7. The van der Waals surface area contributed by atoms with Crippen LogP contribution in [0.4, 0.5) is 5.69 Å². The number of anilines is 1. The molecule has 2 aromatic carbocycles. The van der Waals surface area contributed by atoms with Crippen LogP contribution in [0.25, 0.3) is 0 Å². The van der Waals surface area contributed by atoms with Crippen molar-refractivity contribution in [3.05, 3.63) is 71.3 Å². The van der Waals surface area contributed by atoms with Gasteiger partial charge in [0, 0.05) is 44.1 Å². The van der Waals surface area contributed by atoms with E-state index in [1.807, 2.05) is 0 Å². The average Bonchev–Trinajstić information content (AvgIpc) is 3.14. The Morgan fingerprint density at radius 1 is 1.23 bits per heavy atom. The first-order valence-corrected chi connectivity index (χ1v) is 11.1. The van der Waals surface area contributed by atoms with Crippen molar-refractivity contribution in [1.82, 2.24) is 13.9 Å². The molecule has 8 nitrogen and oxygen atoms in total. The van der Waals surface area contributed by atoms with Gasteiger partial charge < -0.3 is 14.6 Å². The minimum atomic E-state index is -4.07. The molecule has 1 atom stereocenters. The summed E-state index contributed by atoms with van der Waals surface area (Å²) in [6, 6.07) is 10.7. The molecule has 3 rings (SSSR count). The zero-order chi connectivity index (χ0) is 22.8. The van der Waals surface area contributed by atoms with Gasteiger partial charge in [-0.1, -0.05) is 23.7 Å². The smallest absolute Gasteiger partial charge is 0.247 e. The van der Waals surface area contributed by atoms with Crippen LogP contribution < -0.4 is 10.1 Å². The van der Waals surface area contributed by atoms with Gasteiger partial charge in [-0.2, -0.15) is 4.31 Å². The van der Waals surface area contributed by atoms with E-state index in [2.05, 4.69) is 10.3 Å². The first-order valence-electron chi connectivity index (χ1n) is 9.31. The highest BCUT2D eigenvalue weighted by Gasteiger charge is 2.34. The molecule has 0 saturated heterocycles.